The fourth-order valence-electron chi connectivity index (χ4n) is 3.77. The van der Waals surface area contributed by atoms with Crippen LogP contribution in [0.15, 0.2) is 84.2 Å². The first-order chi connectivity index (χ1) is 16.0. The molecule has 0 fully saturated rings. The number of fused-ring (bicyclic) bond motifs is 1. The Kier molecular flexibility index (Phi) is 5.58. The maximum absolute atomic E-state index is 13.4. The van der Waals surface area contributed by atoms with Crippen LogP contribution in [0.25, 0.3) is 11.4 Å². The molecule has 2 N–H and O–H groups in total. The number of amides is 1. The lowest BCUT2D eigenvalue weighted by molar-refractivity contribution is -0.113. The van der Waals surface area contributed by atoms with Crippen molar-refractivity contribution in [1.29, 1.82) is 0 Å². The van der Waals surface area contributed by atoms with Gasteiger partial charge in [-0.15, -0.1) is 5.10 Å². The average molecular weight is 477 g/mol. The summed E-state index contributed by atoms with van der Waals surface area (Å²) in [4.78, 5) is 22.3. The molecule has 1 aliphatic heterocycles. The summed E-state index contributed by atoms with van der Waals surface area (Å²) in [5.74, 6) is 1.20. The van der Waals surface area contributed by atoms with E-state index < -0.39 is 6.04 Å². The van der Waals surface area contributed by atoms with Crippen molar-refractivity contribution in [3.63, 3.8) is 0 Å². The molecule has 2 aromatic heterocycles. The molecule has 2 aromatic carbocycles. The number of hydrogen-bond donors (Lipinski definition) is 2. The Bertz CT molecular complexity index is 1370. The molecule has 0 aliphatic carbocycles. The number of benzene rings is 2. The van der Waals surface area contributed by atoms with E-state index >= 15 is 0 Å². The van der Waals surface area contributed by atoms with Gasteiger partial charge >= 0.3 is 0 Å². The van der Waals surface area contributed by atoms with Crippen LogP contribution in [0.4, 0.5) is 11.8 Å². The van der Waals surface area contributed by atoms with E-state index in [0.717, 1.165) is 11.1 Å². The molecular weight excluding hydrogens is 459 g/mol. The SMILES string of the molecule is CC1=C(C(=O)Nc2ccccn2)[C@@H](c2cccc(Cl)c2)n2nc(-c3ccc(Cl)cc3)nc2N1. The molecule has 1 amide bonds. The van der Waals surface area contributed by atoms with Gasteiger partial charge in [-0.05, 0) is 61.0 Å². The topological polar surface area (TPSA) is 84.7 Å². The maximum Gasteiger partial charge on any atom is 0.257 e. The molecule has 1 atom stereocenters. The van der Waals surface area contributed by atoms with Crippen LogP contribution in [0.5, 0.6) is 0 Å². The lowest BCUT2D eigenvalue weighted by Gasteiger charge is -2.28. The molecule has 4 aromatic rings. The van der Waals surface area contributed by atoms with E-state index in [2.05, 4.69) is 20.6 Å². The number of carbonyl (C=O) groups excluding carboxylic acids is 1. The fourth-order valence-corrected chi connectivity index (χ4v) is 4.10. The number of hydrogen-bond acceptors (Lipinski definition) is 5. The average Bonchev–Trinajstić information content (AvgIpc) is 3.22. The van der Waals surface area contributed by atoms with Gasteiger partial charge in [0.15, 0.2) is 5.82 Å². The van der Waals surface area contributed by atoms with E-state index in [-0.39, 0.29) is 5.91 Å². The first-order valence-electron chi connectivity index (χ1n) is 10.2. The third-order valence-corrected chi connectivity index (χ3v) is 5.76. The van der Waals surface area contributed by atoms with Crippen LogP contribution in [0.1, 0.15) is 18.5 Å². The van der Waals surface area contributed by atoms with E-state index in [1.54, 1.807) is 41.2 Å². The van der Waals surface area contributed by atoms with Gasteiger partial charge in [-0.2, -0.15) is 4.98 Å². The van der Waals surface area contributed by atoms with Crippen molar-refractivity contribution in [2.45, 2.75) is 13.0 Å². The molecule has 0 bridgehead atoms. The highest BCUT2D eigenvalue weighted by molar-refractivity contribution is 6.30. The van der Waals surface area contributed by atoms with Crippen LogP contribution in [-0.4, -0.2) is 25.7 Å². The van der Waals surface area contributed by atoms with Crippen molar-refractivity contribution >= 4 is 40.9 Å². The fraction of sp³-hybridized carbons (Fsp3) is 0.0833. The van der Waals surface area contributed by atoms with E-state index in [9.17, 15) is 4.79 Å². The van der Waals surface area contributed by atoms with Crippen molar-refractivity contribution < 1.29 is 4.79 Å². The first kappa shape index (κ1) is 21.2. The monoisotopic (exact) mass is 476 g/mol. The van der Waals surface area contributed by atoms with Crippen molar-refractivity contribution in [2.75, 3.05) is 10.6 Å². The Morgan fingerprint density at radius 3 is 2.58 bits per heavy atom. The lowest BCUT2D eigenvalue weighted by Crippen LogP contribution is -2.31. The number of aromatic nitrogens is 4. The van der Waals surface area contributed by atoms with Gasteiger partial charge in [0.2, 0.25) is 5.95 Å². The molecule has 164 valence electrons. The number of allylic oxidation sites excluding steroid dienone is 1. The van der Waals surface area contributed by atoms with Crippen molar-refractivity contribution in [3.05, 3.63) is 99.8 Å². The third kappa shape index (κ3) is 4.20. The Balaban J connectivity index is 1.61. The van der Waals surface area contributed by atoms with Crippen LogP contribution in [0.2, 0.25) is 10.0 Å². The van der Waals surface area contributed by atoms with Gasteiger partial charge in [-0.1, -0.05) is 41.4 Å². The molecule has 9 heteroatoms. The standard InChI is InChI=1S/C24H18Cl2N6O/c1-14-20(23(33)29-19-7-2-3-12-27-19)21(16-5-4-6-18(26)13-16)32-24(28-14)30-22(31-32)15-8-10-17(25)11-9-15/h2-13,21H,1H3,(H,27,29,33)(H,28,30,31)/t21-/m1/s1. The zero-order valence-electron chi connectivity index (χ0n) is 17.5. The second kappa shape index (κ2) is 8.69. The molecule has 33 heavy (non-hydrogen) atoms. The van der Waals surface area contributed by atoms with E-state index in [1.807, 2.05) is 43.3 Å². The first-order valence-corrected chi connectivity index (χ1v) is 10.9. The molecule has 0 saturated carbocycles. The van der Waals surface area contributed by atoms with Gasteiger partial charge in [0.1, 0.15) is 11.9 Å². The minimum Gasteiger partial charge on any atom is -0.328 e. The normalized spacial score (nSPS) is 15.1. The van der Waals surface area contributed by atoms with Gasteiger partial charge < -0.3 is 10.6 Å². The summed E-state index contributed by atoms with van der Waals surface area (Å²) in [5, 5.41) is 12.0. The molecule has 3 heterocycles. The minimum absolute atomic E-state index is 0.294. The minimum atomic E-state index is -0.544. The lowest BCUT2D eigenvalue weighted by atomic mass is 9.95. The summed E-state index contributed by atoms with van der Waals surface area (Å²) in [6.07, 6.45) is 1.62. The number of nitrogens with one attached hydrogen (secondary N) is 2. The number of carbonyl (C=O) groups is 1. The van der Waals surface area contributed by atoms with E-state index in [1.165, 1.54) is 0 Å². The zero-order chi connectivity index (χ0) is 22.9. The van der Waals surface area contributed by atoms with Crippen LogP contribution in [-0.2, 0) is 4.79 Å². The predicted octanol–water partition coefficient (Wildman–Crippen LogP) is 5.57. The molecular formula is C24H18Cl2N6O. The maximum atomic E-state index is 13.4. The van der Waals surface area contributed by atoms with Crippen molar-refractivity contribution in [3.8, 4) is 11.4 Å². The van der Waals surface area contributed by atoms with Crippen LogP contribution in [0, 0.1) is 0 Å². The number of halogens is 2. The predicted molar refractivity (Wildman–Crippen MR) is 129 cm³/mol. The number of pyridine rings is 1. The summed E-state index contributed by atoms with van der Waals surface area (Å²) in [5.41, 5.74) is 2.77. The van der Waals surface area contributed by atoms with Crippen LogP contribution in [0.3, 0.4) is 0 Å². The van der Waals surface area contributed by atoms with Gasteiger partial charge in [0.25, 0.3) is 5.91 Å². The van der Waals surface area contributed by atoms with Crippen LogP contribution >= 0.6 is 23.2 Å². The van der Waals surface area contributed by atoms with Crippen molar-refractivity contribution in [2.24, 2.45) is 0 Å². The molecule has 1 aliphatic rings. The highest BCUT2D eigenvalue weighted by Gasteiger charge is 2.34. The van der Waals surface area contributed by atoms with E-state index in [4.69, 9.17) is 28.3 Å². The molecule has 7 nitrogen and oxygen atoms in total. The smallest absolute Gasteiger partial charge is 0.257 e. The molecule has 0 radical (unpaired) electrons. The highest BCUT2D eigenvalue weighted by Crippen LogP contribution is 2.37. The second-order valence-corrected chi connectivity index (χ2v) is 8.37. The second-order valence-electron chi connectivity index (χ2n) is 7.50. The summed E-state index contributed by atoms with van der Waals surface area (Å²) >= 11 is 12.3. The highest BCUT2D eigenvalue weighted by atomic mass is 35.5. The van der Waals surface area contributed by atoms with Gasteiger partial charge in [-0.3, -0.25) is 4.79 Å². The quantitative estimate of drug-likeness (QED) is 0.401. The molecule has 0 saturated heterocycles. The van der Waals surface area contributed by atoms with E-state index in [0.29, 0.717) is 38.9 Å². The van der Waals surface area contributed by atoms with Crippen molar-refractivity contribution in [1.82, 2.24) is 19.7 Å². The number of rotatable bonds is 4. The molecule has 0 spiro atoms. The summed E-state index contributed by atoms with van der Waals surface area (Å²) in [7, 11) is 0. The number of nitrogens with zero attached hydrogens (tertiary/aromatic N) is 4. The van der Waals surface area contributed by atoms with Gasteiger partial charge in [0.05, 0.1) is 5.57 Å². The Labute approximate surface area is 200 Å². The van der Waals surface area contributed by atoms with Gasteiger partial charge in [0, 0.05) is 27.5 Å². The number of anilines is 2. The summed E-state index contributed by atoms with van der Waals surface area (Å²) < 4.78 is 1.70. The summed E-state index contributed by atoms with van der Waals surface area (Å²) in [6.45, 7) is 1.84. The zero-order valence-corrected chi connectivity index (χ0v) is 19.0. The Hall–Kier alpha value is -3.68. The molecule has 5 rings (SSSR count). The summed E-state index contributed by atoms with van der Waals surface area (Å²) in [6, 6.07) is 19.4. The van der Waals surface area contributed by atoms with Crippen LogP contribution < -0.4 is 10.6 Å². The Morgan fingerprint density at radius 1 is 1.03 bits per heavy atom. The Morgan fingerprint density at radius 2 is 1.85 bits per heavy atom. The van der Waals surface area contributed by atoms with Gasteiger partial charge in [-0.25, -0.2) is 9.67 Å². The third-order valence-electron chi connectivity index (χ3n) is 5.27. The largest absolute Gasteiger partial charge is 0.328 e. The molecule has 0 unspecified atom stereocenters.